The van der Waals surface area contributed by atoms with Gasteiger partial charge in [-0.3, -0.25) is 0 Å². The standard InChI is InChI=1S/C20H16ClN3/c1-13-17(15-9-5-3-6-10-15)19(21)24-20(22-13)18(14(2)23-24)16-11-7-4-8-12-16/h3-12H,1-2H3. The third-order valence-corrected chi connectivity index (χ3v) is 4.54. The quantitative estimate of drug-likeness (QED) is 0.464. The minimum Gasteiger partial charge on any atom is -0.233 e. The zero-order valence-corrected chi connectivity index (χ0v) is 14.2. The van der Waals surface area contributed by atoms with Crippen molar-refractivity contribution in [3.8, 4) is 22.3 Å². The van der Waals surface area contributed by atoms with Crippen LogP contribution in [-0.2, 0) is 0 Å². The van der Waals surface area contributed by atoms with Gasteiger partial charge in [0.1, 0.15) is 5.15 Å². The first-order valence-corrected chi connectivity index (χ1v) is 8.21. The topological polar surface area (TPSA) is 30.2 Å². The van der Waals surface area contributed by atoms with Crippen LogP contribution in [0.15, 0.2) is 60.7 Å². The van der Waals surface area contributed by atoms with Gasteiger partial charge >= 0.3 is 0 Å². The predicted octanol–water partition coefficient (Wildman–Crippen LogP) is 5.33. The third-order valence-electron chi connectivity index (χ3n) is 4.19. The molecule has 3 nitrogen and oxygen atoms in total. The van der Waals surface area contributed by atoms with Crippen LogP contribution in [-0.4, -0.2) is 14.6 Å². The van der Waals surface area contributed by atoms with Crippen molar-refractivity contribution in [3.63, 3.8) is 0 Å². The molecule has 0 unspecified atom stereocenters. The first-order valence-electron chi connectivity index (χ1n) is 7.83. The Morgan fingerprint density at radius 3 is 1.88 bits per heavy atom. The lowest BCUT2D eigenvalue weighted by atomic mass is 10.0. The molecule has 0 bridgehead atoms. The smallest absolute Gasteiger partial charge is 0.165 e. The summed E-state index contributed by atoms with van der Waals surface area (Å²) in [6.07, 6.45) is 0. The molecule has 0 fully saturated rings. The molecule has 0 saturated carbocycles. The summed E-state index contributed by atoms with van der Waals surface area (Å²) in [6, 6.07) is 20.2. The van der Waals surface area contributed by atoms with Crippen LogP contribution >= 0.6 is 11.6 Å². The molecule has 0 amide bonds. The Bertz CT molecular complexity index is 1020. The van der Waals surface area contributed by atoms with Crippen molar-refractivity contribution in [1.82, 2.24) is 14.6 Å². The van der Waals surface area contributed by atoms with Gasteiger partial charge in [0, 0.05) is 11.1 Å². The number of hydrogen-bond acceptors (Lipinski definition) is 2. The first kappa shape index (κ1) is 14.9. The fourth-order valence-electron chi connectivity index (χ4n) is 3.10. The number of nitrogens with zero attached hydrogens (tertiary/aromatic N) is 3. The summed E-state index contributed by atoms with van der Waals surface area (Å²) < 4.78 is 1.74. The summed E-state index contributed by atoms with van der Waals surface area (Å²) in [7, 11) is 0. The molecule has 0 radical (unpaired) electrons. The van der Waals surface area contributed by atoms with Crippen LogP contribution in [0.4, 0.5) is 0 Å². The lowest BCUT2D eigenvalue weighted by molar-refractivity contribution is 0.912. The number of hydrogen-bond donors (Lipinski definition) is 0. The van der Waals surface area contributed by atoms with Gasteiger partial charge in [-0.2, -0.15) is 5.10 Å². The Morgan fingerprint density at radius 1 is 0.750 bits per heavy atom. The van der Waals surface area contributed by atoms with E-state index in [1.807, 2.05) is 62.4 Å². The van der Waals surface area contributed by atoms with Crippen LogP contribution < -0.4 is 0 Å². The maximum atomic E-state index is 6.71. The molecule has 0 atom stereocenters. The van der Waals surface area contributed by atoms with Crippen LogP contribution in [0.2, 0.25) is 5.15 Å². The summed E-state index contributed by atoms with van der Waals surface area (Å²) in [5.74, 6) is 0. The van der Waals surface area contributed by atoms with E-state index in [0.717, 1.165) is 39.3 Å². The van der Waals surface area contributed by atoms with Gasteiger partial charge in [0.05, 0.1) is 11.4 Å². The van der Waals surface area contributed by atoms with E-state index >= 15 is 0 Å². The van der Waals surface area contributed by atoms with Gasteiger partial charge in [0.25, 0.3) is 0 Å². The third kappa shape index (κ3) is 2.29. The molecule has 0 spiro atoms. The highest BCUT2D eigenvalue weighted by Gasteiger charge is 2.19. The van der Waals surface area contributed by atoms with E-state index in [2.05, 4.69) is 17.2 Å². The molecular formula is C20H16ClN3. The molecule has 118 valence electrons. The van der Waals surface area contributed by atoms with Gasteiger partial charge in [0.2, 0.25) is 0 Å². The number of rotatable bonds is 2. The van der Waals surface area contributed by atoms with Gasteiger partial charge in [-0.15, -0.1) is 0 Å². The predicted molar refractivity (Wildman–Crippen MR) is 98.3 cm³/mol. The van der Waals surface area contributed by atoms with E-state index in [1.54, 1.807) is 4.52 Å². The second-order valence-electron chi connectivity index (χ2n) is 5.79. The van der Waals surface area contributed by atoms with E-state index in [-0.39, 0.29) is 0 Å². The molecule has 2 aromatic carbocycles. The number of aryl methyl sites for hydroxylation is 2. The molecule has 4 heteroatoms. The minimum absolute atomic E-state index is 0.592. The monoisotopic (exact) mass is 333 g/mol. The zero-order chi connectivity index (χ0) is 16.7. The molecular weight excluding hydrogens is 318 g/mol. The SMILES string of the molecule is Cc1nc2c(-c3ccccc3)c(C)nn2c(Cl)c1-c1ccccc1. The summed E-state index contributed by atoms with van der Waals surface area (Å²) >= 11 is 6.71. The molecule has 0 aliphatic heterocycles. The summed E-state index contributed by atoms with van der Waals surface area (Å²) in [4.78, 5) is 4.83. The average Bonchev–Trinajstić information content (AvgIpc) is 2.93. The van der Waals surface area contributed by atoms with Gasteiger partial charge in [-0.25, -0.2) is 9.50 Å². The number of halogens is 1. The van der Waals surface area contributed by atoms with Crippen LogP contribution in [0.3, 0.4) is 0 Å². The van der Waals surface area contributed by atoms with Gasteiger partial charge in [-0.05, 0) is 25.0 Å². The molecule has 0 saturated heterocycles. The van der Waals surface area contributed by atoms with Crippen molar-refractivity contribution in [2.45, 2.75) is 13.8 Å². The highest BCUT2D eigenvalue weighted by Crippen LogP contribution is 2.35. The number of benzene rings is 2. The summed E-state index contributed by atoms with van der Waals surface area (Å²) in [5.41, 5.74) is 6.70. The van der Waals surface area contributed by atoms with Crippen LogP contribution in [0.1, 0.15) is 11.4 Å². The number of fused-ring (bicyclic) bond motifs is 1. The molecule has 24 heavy (non-hydrogen) atoms. The Hall–Kier alpha value is -2.65. The maximum Gasteiger partial charge on any atom is 0.165 e. The Kier molecular flexibility index (Phi) is 3.58. The van der Waals surface area contributed by atoms with E-state index in [9.17, 15) is 0 Å². The molecule has 0 N–H and O–H groups in total. The second kappa shape index (κ2) is 5.77. The van der Waals surface area contributed by atoms with E-state index in [0.29, 0.717) is 5.15 Å². The van der Waals surface area contributed by atoms with Crippen LogP contribution in [0.5, 0.6) is 0 Å². The van der Waals surface area contributed by atoms with Crippen molar-refractivity contribution in [1.29, 1.82) is 0 Å². The van der Waals surface area contributed by atoms with Crippen LogP contribution in [0.25, 0.3) is 27.9 Å². The molecule has 2 heterocycles. The van der Waals surface area contributed by atoms with Crippen molar-refractivity contribution in [3.05, 3.63) is 77.2 Å². The van der Waals surface area contributed by atoms with E-state index < -0.39 is 0 Å². The molecule has 0 aliphatic carbocycles. The zero-order valence-electron chi connectivity index (χ0n) is 13.5. The van der Waals surface area contributed by atoms with E-state index in [1.165, 1.54) is 0 Å². The molecule has 4 rings (SSSR count). The van der Waals surface area contributed by atoms with Gasteiger partial charge < -0.3 is 0 Å². The Balaban J connectivity index is 2.03. The molecule has 4 aromatic rings. The summed E-state index contributed by atoms with van der Waals surface area (Å²) in [6.45, 7) is 3.98. The second-order valence-corrected chi connectivity index (χ2v) is 6.15. The fraction of sp³-hybridized carbons (Fsp3) is 0.100. The van der Waals surface area contributed by atoms with Crippen molar-refractivity contribution in [2.24, 2.45) is 0 Å². The number of aromatic nitrogens is 3. The summed E-state index contributed by atoms with van der Waals surface area (Å²) in [5, 5.41) is 5.23. The Morgan fingerprint density at radius 2 is 1.29 bits per heavy atom. The van der Waals surface area contributed by atoms with Gasteiger partial charge in [0.15, 0.2) is 5.65 Å². The first-order chi connectivity index (χ1) is 11.7. The van der Waals surface area contributed by atoms with Crippen molar-refractivity contribution >= 4 is 17.2 Å². The lowest BCUT2D eigenvalue weighted by Crippen LogP contribution is -1.99. The highest BCUT2D eigenvalue weighted by molar-refractivity contribution is 6.32. The molecule has 0 aliphatic rings. The van der Waals surface area contributed by atoms with Crippen molar-refractivity contribution < 1.29 is 0 Å². The minimum atomic E-state index is 0.592. The maximum absolute atomic E-state index is 6.71. The van der Waals surface area contributed by atoms with Crippen LogP contribution in [0, 0.1) is 13.8 Å². The van der Waals surface area contributed by atoms with Crippen molar-refractivity contribution in [2.75, 3.05) is 0 Å². The average molecular weight is 334 g/mol. The van der Waals surface area contributed by atoms with Gasteiger partial charge in [-0.1, -0.05) is 72.3 Å². The van der Waals surface area contributed by atoms with E-state index in [4.69, 9.17) is 16.6 Å². The normalized spacial score (nSPS) is 11.1. The fourth-order valence-corrected chi connectivity index (χ4v) is 3.46. The Labute approximate surface area is 145 Å². The lowest BCUT2D eigenvalue weighted by Gasteiger charge is -2.10. The molecule has 2 aromatic heterocycles. The largest absolute Gasteiger partial charge is 0.233 e. The highest BCUT2D eigenvalue weighted by atomic mass is 35.5.